The first-order valence-electron chi connectivity index (χ1n) is 8.11. The summed E-state index contributed by atoms with van der Waals surface area (Å²) in [6.07, 6.45) is 1.01. The maximum atomic E-state index is 12.6. The van der Waals surface area contributed by atoms with Crippen LogP contribution in [0.5, 0.6) is 5.75 Å². The van der Waals surface area contributed by atoms with Gasteiger partial charge in [-0.25, -0.2) is 0 Å². The normalized spacial score (nSPS) is 21.4. The van der Waals surface area contributed by atoms with Crippen molar-refractivity contribution in [1.29, 1.82) is 0 Å². The molecule has 1 heterocycles. The van der Waals surface area contributed by atoms with Gasteiger partial charge in [-0.15, -0.1) is 0 Å². The molecule has 2 amide bonds. The molecule has 126 valence electrons. The van der Waals surface area contributed by atoms with Gasteiger partial charge in [0.2, 0.25) is 11.8 Å². The lowest BCUT2D eigenvalue weighted by molar-refractivity contribution is -0.141. The third-order valence-electron chi connectivity index (χ3n) is 4.34. The molecule has 1 saturated heterocycles. The maximum Gasteiger partial charge on any atom is 0.225 e. The number of carbonyl (C=O) groups excluding carboxylic acids is 2. The van der Waals surface area contributed by atoms with Crippen molar-refractivity contribution in [3.05, 3.63) is 29.8 Å². The van der Waals surface area contributed by atoms with E-state index in [4.69, 9.17) is 4.74 Å². The van der Waals surface area contributed by atoms with E-state index in [-0.39, 0.29) is 23.8 Å². The number of amides is 2. The van der Waals surface area contributed by atoms with Crippen molar-refractivity contribution in [2.75, 3.05) is 20.7 Å². The van der Waals surface area contributed by atoms with Gasteiger partial charge in [-0.2, -0.15) is 0 Å². The molecule has 0 unspecified atom stereocenters. The molecule has 23 heavy (non-hydrogen) atoms. The Morgan fingerprint density at radius 2 is 2.00 bits per heavy atom. The number of ether oxygens (including phenoxy) is 1. The number of rotatable bonds is 5. The van der Waals surface area contributed by atoms with E-state index in [1.54, 1.807) is 19.1 Å². The van der Waals surface area contributed by atoms with Gasteiger partial charge in [-0.1, -0.05) is 26.0 Å². The van der Waals surface area contributed by atoms with Crippen molar-refractivity contribution in [3.8, 4) is 5.75 Å². The van der Waals surface area contributed by atoms with Crippen molar-refractivity contribution in [3.63, 3.8) is 0 Å². The summed E-state index contributed by atoms with van der Waals surface area (Å²) in [5.41, 5.74) is 0.964. The van der Waals surface area contributed by atoms with E-state index in [1.807, 2.05) is 24.3 Å². The molecule has 1 N–H and O–H groups in total. The van der Waals surface area contributed by atoms with E-state index in [9.17, 15) is 9.59 Å². The van der Waals surface area contributed by atoms with Crippen LogP contribution in [0, 0.1) is 11.8 Å². The summed E-state index contributed by atoms with van der Waals surface area (Å²) in [6.45, 7) is 4.79. The molecule has 0 bridgehead atoms. The predicted molar refractivity (Wildman–Crippen MR) is 89.1 cm³/mol. The lowest BCUT2D eigenvalue weighted by atomic mass is 9.84. The molecule has 0 spiro atoms. The summed E-state index contributed by atoms with van der Waals surface area (Å²) in [5.74, 6) is 1.06. The fourth-order valence-electron chi connectivity index (χ4n) is 3.01. The second kappa shape index (κ2) is 7.49. The number of piperidine rings is 1. The third kappa shape index (κ3) is 4.03. The highest BCUT2D eigenvalue weighted by Crippen LogP contribution is 2.36. The lowest BCUT2D eigenvalue weighted by Crippen LogP contribution is -2.46. The molecule has 0 aromatic heterocycles. The number of nitrogens with zero attached hydrogens (tertiary/aromatic N) is 1. The van der Waals surface area contributed by atoms with Crippen LogP contribution in [0.15, 0.2) is 24.3 Å². The Balaban J connectivity index is 2.23. The minimum Gasteiger partial charge on any atom is -0.497 e. The van der Waals surface area contributed by atoms with Crippen molar-refractivity contribution < 1.29 is 14.3 Å². The molecular formula is C18H26N2O3. The van der Waals surface area contributed by atoms with E-state index >= 15 is 0 Å². The number of hydrogen-bond donors (Lipinski definition) is 1. The first-order chi connectivity index (χ1) is 10.9. The fraction of sp³-hybridized carbons (Fsp3) is 0.556. The topological polar surface area (TPSA) is 58.6 Å². The van der Waals surface area contributed by atoms with Crippen LogP contribution in [0.1, 0.15) is 38.3 Å². The molecule has 5 heteroatoms. The Hall–Kier alpha value is -2.04. The molecule has 0 aliphatic carbocycles. The maximum absolute atomic E-state index is 12.6. The SMILES string of the molecule is COc1ccc([C@H]2[C@H](C(=O)NCC(C)C)CCC(=O)N2C)cc1. The van der Waals surface area contributed by atoms with Crippen LogP contribution >= 0.6 is 0 Å². The van der Waals surface area contributed by atoms with Crippen molar-refractivity contribution in [2.45, 2.75) is 32.7 Å². The van der Waals surface area contributed by atoms with Gasteiger partial charge in [-0.05, 0) is 30.0 Å². The minimum absolute atomic E-state index is 0.0267. The summed E-state index contributed by atoms with van der Waals surface area (Å²) in [7, 11) is 3.40. The van der Waals surface area contributed by atoms with E-state index in [0.29, 0.717) is 25.3 Å². The third-order valence-corrected chi connectivity index (χ3v) is 4.34. The molecular weight excluding hydrogens is 292 g/mol. The van der Waals surface area contributed by atoms with Crippen molar-refractivity contribution >= 4 is 11.8 Å². The van der Waals surface area contributed by atoms with E-state index in [0.717, 1.165) is 11.3 Å². The van der Waals surface area contributed by atoms with Gasteiger partial charge < -0.3 is 15.0 Å². The van der Waals surface area contributed by atoms with Gasteiger partial charge >= 0.3 is 0 Å². The van der Waals surface area contributed by atoms with Crippen LogP contribution in [0.4, 0.5) is 0 Å². The Kier molecular flexibility index (Phi) is 5.64. The summed E-state index contributed by atoms with van der Waals surface area (Å²) in [4.78, 5) is 26.4. The molecule has 1 aliphatic heterocycles. The van der Waals surface area contributed by atoms with Crippen LogP contribution in [0.25, 0.3) is 0 Å². The van der Waals surface area contributed by atoms with Gasteiger partial charge in [0.1, 0.15) is 5.75 Å². The quantitative estimate of drug-likeness (QED) is 0.907. The number of carbonyl (C=O) groups is 2. The molecule has 2 atom stereocenters. The monoisotopic (exact) mass is 318 g/mol. The van der Waals surface area contributed by atoms with Gasteiger partial charge in [0.05, 0.1) is 19.1 Å². The number of hydrogen-bond acceptors (Lipinski definition) is 3. The van der Waals surface area contributed by atoms with E-state index in [2.05, 4.69) is 19.2 Å². The van der Waals surface area contributed by atoms with E-state index < -0.39 is 0 Å². The zero-order chi connectivity index (χ0) is 17.0. The molecule has 1 fully saturated rings. The van der Waals surface area contributed by atoms with E-state index in [1.165, 1.54) is 0 Å². The molecule has 2 rings (SSSR count). The van der Waals surface area contributed by atoms with Crippen molar-refractivity contribution in [1.82, 2.24) is 10.2 Å². The summed E-state index contributed by atoms with van der Waals surface area (Å²) < 4.78 is 5.18. The van der Waals surface area contributed by atoms with Crippen LogP contribution < -0.4 is 10.1 Å². The molecule has 1 aromatic rings. The molecule has 0 radical (unpaired) electrons. The van der Waals surface area contributed by atoms with Gasteiger partial charge in [0.15, 0.2) is 0 Å². The molecule has 5 nitrogen and oxygen atoms in total. The highest BCUT2D eigenvalue weighted by atomic mass is 16.5. The predicted octanol–water partition coefficient (Wildman–Crippen LogP) is 2.38. The Labute approximate surface area is 138 Å². The number of likely N-dealkylation sites (tertiary alicyclic amines) is 1. The summed E-state index contributed by atoms with van der Waals surface area (Å²) in [5, 5.41) is 3.01. The lowest BCUT2D eigenvalue weighted by Gasteiger charge is -2.38. The largest absolute Gasteiger partial charge is 0.497 e. The number of nitrogens with one attached hydrogen (secondary N) is 1. The average molecular weight is 318 g/mol. The number of benzene rings is 1. The van der Waals surface area contributed by atoms with Crippen LogP contribution in [-0.4, -0.2) is 37.4 Å². The van der Waals surface area contributed by atoms with Gasteiger partial charge in [0, 0.05) is 20.0 Å². The summed E-state index contributed by atoms with van der Waals surface area (Å²) >= 11 is 0. The van der Waals surface area contributed by atoms with Gasteiger partial charge in [0.25, 0.3) is 0 Å². The first-order valence-corrected chi connectivity index (χ1v) is 8.11. The van der Waals surface area contributed by atoms with Crippen LogP contribution in [-0.2, 0) is 9.59 Å². The van der Waals surface area contributed by atoms with Crippen molar-refractivity contribution in [2.24, 2.45) is 11.8 Å². The Morgan fingerprint density at radius 3 is 2.57 bits per heavy atom. The summed E-state index contributed by atoms with van der Waals surface area (Å²) in [6, 6.07) is 7.37. The van der Waals surface area contributed by atoms with Gasteiger partial charge in [-0.3, -0.25) is 9.59 Å². The Morgan fingerprint density at radius 1 is 1.35 bits per heavy atom. The fourth-order valence-corrected chi connectivity index (χ4v) is 3.01. The first kappa shape index (κ1) is 17.3. The number of methoxy groups -OCH3 is 1. The Bertz CT molecular complexity index is 554. The second-order valence-corrected chi connectivity index (χ2v) is 6.51. The molecule has 1 aromatic carbocycles. The molecule has 1 aliphatic rings. The smallest absolute Gasteiger partial charge is 0.225 e. The van der Waals surface area contributed by atoms with Crippen LogP contribution in [0.3, 0.4) is 0 Å². The molecule has 0 saturated carbocycles. The highest BCUT2D eigenvalue weighted by molar-refractivity contribution is 5.84. The second-order valence-electron chi connectivity index (χ2n) is 6.51. The highest BCUT2D eigenvalue weighted by Gasteiger charge is 2.38. The zero-order valence-corrected chi connectivity index (χ0v) is 14.3. The van der Waals surface area contributed by atoms with Crippen LogP contribution in [0.2, 0.25) is 0 Å². The standard InChI is InChI=1S/C18H26N2O3/c1-12(2)11-19-18(22)15-9-10-16(21)20(3)17(15)13-5-7-14(23-4)8-6-13/h5-8,12,15,17H,9-11H2,1-4H3,(H,19,22)/t15-,17+/m1/s1. The zero-order valence-electron chi connectivity index (χ0n) is 14.3. The minimum atomic E-state index is -0.227. The average Bonchev–Trinajstić information content (AvgIpc) is 2.55.